The van der Waals surface area contributed by atoms with Gasteiger partial charge in [-0.2, -0.15) is 0 Å². The van der Waals surface area contributed by atoms with Gasteiger partial charge in [0, 0.05) is 24.9 Å². The van der Waals surface area contributed by atoms with E-state index >= 15 is 0 Å². The Hall–Kier alpha value is -1.06. The molecule has 1 aromatic rings. The molecule has 3 nitrogen and oxygen atoms in total. The fraction of sp³-hybridized carbons (Fsp3) is 0.611. The minimum Gasteiger partial charge on any atom is -0.355 e. The number of hydrogen-bond acceptors (Lipinski definition) is 2. The first-order valence-electron chi connectivity index (χ1n) is 8.15. The topological polar surface area (TPSA) is 41.1 Å². The second kappa shape index (κ2) is 9.16. The van der Waals surface area contributed by atoms with Gasteiger partial charge in [0.1, 0.15) is 0 Å². The zero-order valence-electron chi connectivity index (χ0n) is 13.8. The van der Waals surface area contributed by atoms with Crippen molar-refractivity contribution in [1.82, 2.24) is 10.6 Å². The van der Waals surface area contributed by atoms with E-state index in [-0.39, 0.29) is 23.7 Å². The van der Waals surface area contributed by atoms with Crippen molar-refractivity contribution >= 4 is 18.3 Å². The van der Waals surface area contributed by atoms with E-state index in [2.05, 4.69) is 41.8 Å². The third kappa shape index (κ3) is 4.72. The molecule has 0 radical (unpaired) electrons. The predicted octanol–water partition coefficient (Wildman–Crippen LogP) is 3.34. The molecule has 0 heterocycles. The highest BCUT2D eigenvalue weighted by Crippen LogP contribution is 2.40. The van der Waals surface area contributed by atoms with E-state index in [1.165, 1.54) is 43.2 Å². The van der Waals surface area contributed by atoms with Crippen LogP contribution in [0.3, 0.4) is 0 Å². The maximum absolute atomic E-state index is 12.0. The van der Waals surface area contributed by atoms with E-state index in [0.717, 1.165) is 13.1 Å². The summed E-state index contributed by atoms with van der Waals surface area (Å²) in [6, 6.07) is 8.66. The van der Waals surface area contributed by atoms with Crippen molar-refractivity contribution < 1.29 is 4.79 Å². The summed E-state index contributed by atoms with van der Waals surface area (Å²) in [7, 11) is 1.88. The summed E-state index contributed by atoms with van der Waals surface area (Å²) < 4.78 is 0. The maximum Gasteiger partial charge on any atom is 0.221 e. The average molecular weight is 325 g/mol. The van der Waals surface area contributed by atoms with Gasteiger partial charge in [0.25, 0.3) is 0 Å². The zero-order chi connectivity index (χ0) is 15.1. The molecule has 124 valence electrons. The van der Waals surface area contributed by atoms with E-state index in [9.17, 15) is 4.79 Å². The molecule has 1 aromatic carbocycles. The number of carbonyl (C=O) groups is 1. The van der Waals surface area contributed by atoms with Gasteiger partial charge in [0.05, 0.1) is 0 Å². The van der Waals surface area contributed by atoms with Crippen LogP contribution in [0.2, 0.25) is 0 Å². The first-order valence-corrected chi connectivity index (χ1v) is 8.15. The summed E-state index contributed by atoms with van der Waals surface area (Å²) in [5.74, 6) is 0.155. The summed E-state index contributed by atoms with van der Waals surface area (Å²) in [5.41, 5.74) is 2.92. The predicted molar refractivity (Wildman–Crippen MR) is 94.7 cm³/mol. The van der Waals surface area contributed by atoms with Gasteiger partial charge in [-0.15, -0.1) is 12.4 Å². The lowest BCUT2D eigenvalue weighted by atomic mass is 9.68. The van der Waals surface area contributed by atoms with Crippen LogP contribution < -0.4 is 10.6 Å². The zero-order valence-corrected chi connectivity index (χ0v) is 14.6. The smallest absolute Gasteiger partial charge is 0.221 e. The Morgan fingerprint density at radius 2 is 1.86 bits per heavy atom. The van der Waals surface area contributed by atoms with Gasteiger partial charge in [0.15, 0.2) is 0 Å². The van der Waals surface area contributed by atoms with Crippen LogP contribution in [0.4, 0.5) is 0 Å². The van der Waals surface area contributed by atoms with Crippen molar-refractivity contribution in [3.63, 3.8) is 0 Å². The number of carbonyl (C=O) groups excluding carboxylic acids is 1. The normalized spacial score (nSPS) is 16.6. The van der Waals surface area contributed by atoms with Gasteiger partial charge in [-0.1, -0.05) is 43.5 Å². The summed E-state index contributed by atoms with van der Waals surface area (Å²) in [4.78, 5) is 12.0. The van der Waals surface area contributed by atoms with Crippen LogP contribution in [0, 0.1) is 6.92 Å². The fourth-order valence-corrected chi connectivity index (χ4v) is 3.53. The number of nitrogens with one attached hydrogen (secondary N) is 2. The van der Waals surface area contributed by atoms with Crippen LogP contribution in [-0.4, -0.2) is 26.0 Å². The second-order valence-electron chi connectivity index (χ2n) is 6.29. The molecular formula is C18H29ClN2O. The van der Waals surface area contributed by atoms with Crippen molar-refractivity contribution in [2.24, 2.45) is 0 Å². The molecule has 0 atom stereocenters. The first kappa shape index (κ1) is 19.0. The summed E-state index contributed by atoms with van der Waals surface area (Å²) in [6.45, 7) is 3.71. The summed E-state index contributed by atoms with van der Waals surface area (Å²) in [6.07, 6.45) is 6.78. The summed E-state index contributed by atoms with van der Waals surface area (Å²) in [5, 5.41) is 6.20. The molecule has 0 aliphatic heterocycles. The lowest BCUT2D eigenvalue weighted by Crippen LogP contribution is -2.43. The fourth-order valence-electron chi connectivity index (χ4n) is 3.53. The number of aryl methyl sites for hydroxylation is 1. The third-order valence-electron chi connectivity index (χ3n) is 4.75. The number of rotatable bonds is 6. The van der Waals surface area contributed by atoms with Gasteiger partial charge < -0.3 is 10.6 Å². The molecule has 0 unspecified atom stereocenters. The van der Waals surface area contributed by atoms with E-state index < -0.39 is 0 Å². The van der Waals surface area contributed by atoms with Gasteiger partial charge in [0.2, 0.25) is 5.91 Å². The van der Waals surface area contributed by atoms with Crippen molar-refractivity contribution in [3.8, 4) is 0 Å². The molecule has 0 aromatic heterocycles. The van der Waals surface area contributed by atoms with Crippen molar-refractivity contribution in [2.75, 3.05) is 20.1 Å². The highest BCUT2D eigenvalue weighted by molar-refractivity contribution is 5.85. The van der Waals surface area contributed by atoms with Gasteiger partial charge in [-0.25, -0.2) is 0 Å². The molecule has 1 aliphatic carbocycles. The Morgan fingerprint density at radius 3 is 2.50 bits per heavy atom. The molecule has 0 spiro atoms. The summed E-state index contributed by atoms with van der Waals surface area (Å²) >= 11 is 0. The minimum absolute atomic E-state index is 0. The van der Waals surface area contributed by atoms with E-state index in [1.807, 2.05) is 7.05 Å². The van der Waals surface area contributed by atoms with Crippen LogP contribution in [0.5, 0.6) is 0 Å². The monoisotopic (exact) mass is 324 g/mol. The molecule has 22 heavy (non-hydrogen) atoms. The lowest BCUT2D eigenvalue weighted by Gasteiger charge is -2.39. The lowest BCUT2D eigenvalue weighted by molar-refractivity contribution is -0.121. The van der Waals surface area contributed by atoms with Gasteiger partial charge in [-0.05, 0) is 37.9 Å². The largest absolute Gasteiger partial charge is 0.355 e. The van der Waals surface area contributed by atoms with Crippen molar-refractivity contribution in [1.29, 1.82) is 0 Å². The number of amides is 1. The maximum atomic E-state index is 12.0. The van der Waals surface area contributed by atoms with Crippen LogP contribution >= 0.6 is 12.4 Å². The van der Waals surface area contributed by atoms with Crippen LogP contribution in [-0.2, 0) is 10.2 Å². The molecule has 1 amide bonds. The Balaban J connectivity index is 0.00000242. The SMILES string of the molecule is CNCCC(=O)NCC1(c2ccccc2C)CCCCC1.Cl. The Kier molecular flexibility index (Phi) is 7.91. The standard InChI is InChI=1S/C18H28N2O.ClH/c1-15-8-4-5-9-16(15)18(11-6-3-7-12-18)14-20-17(21)10-13-19-2;/h4-5,8-9,19H,3,6-7,10-14H2,1-2H3,(H,20,21);1H. The van der Waals surface area contributed by atoms with Gasteiger partial charge in [-0.3, -0.25) is 4.79 Å². The van der Waals surface area contributed by atoms with E-state index in [1.54, 1.807) is 0 Å². The molecule has 1 fully saturated rings. The van der Waals surface area contributed by atoms with Crippen molar-refractivity contribution in [3.05, 3.63) is 35.4 Å². The second-order valence-corrected chi connectivity index (χ2v) is 6.29. The molecule has 1 saturated carbocycles. The molecule has 2 N–H and O–H groups in total. The highest BCUT2D eigenvalue weighted by atomic mass is 35.5. The number of halogens is 1. The number of hydrogen-bond donors (Lipinski definition) is 2. The molecule has 4 heteroatoms. The van der Waals surface area contributed by atoms with E-state index in [4.69, 9.17) is 0 Å². The third-order valence-corrected chi connectivity index (χ3v) is 4.75. The van der Waals surface area contributed by atoms with Crippen LogP contribution in [0.15, 0.2) is 24.3 Å². The molecule has 0 saturated heterocycles. The van der Waals surface area contributed by atoms with E-state index in [0.29, 0.717) is 6.42 Å². The quantitative estimate of drug-likeness (QED) is 0.842. The molecular weight excluding hydrogens is 296 g/mol. The first-order chi connectivity index (χ1) is 10.2. The molecule has 0 bridgehead atoms. The van der Waals surface area contributed by atoms with Gasteiger partial charge >= 0.3 is 0 Å². The minimum atomic E-state index is 0. The Bertz CT molecular complexity index is 470. The molecule has 1 aliphatic rings. The molecule has 2 rings (SSSR count). The highest BCUT2D eigenvalue weighted by Gasteiger charge is 2.35. The van der Waals surface area contributed by atoms with Crippen LogP contribution in [0.25, 0.3) is 0 Å². The average Bonchev–Trinajstić information content (AvgIpc) is 2.52. The Morgan fingerprint density at radius 1 is 1.18 bits per heavy atom. The Labute approximate surface area is 140 Å². The number of benzene rings is 1. The van der Waals surface area contributed by atoms with Crippen molar-refractivity contribution in [2.45, 2.75) is 50.9 Å². The van der Waals surface area contributed by atoms with Crippen LogP contribution in [0.1, 0.15) is 49.7 Å².